The lowest BCUT2D eigenvalue weighted by molar-refractivity contribution is -0.141. The third kappa shape index (κ3) is 3.50. The zero-order valence-electron chi connectivity index (χ0n) is 18.8. The molecule has 0 saturated heterocycles. The van der Waals surface area contributed by atoms with Crippen molar-refractivity contribution in [1.29, 1.82) is 0 Å². The summed E-state index contributed by atoms with van der Waals surface area (Å²) in [4.78, 5) is 15.6. The molecule has 3 aromatic rings. The number of fused-ring (bicyclic) bond motifs is 4. The predicted octanol–water partition coefficient (Wildman–Crippen LogP) is 5.44. The highest BCUT2D eigenvalue weighted by Gasteiger charge is 2.60. The first-order valence-electron chi connectivity index (χ1n) is 11.4. The Bertz CT molecular complexity index is 1350. The molecule has 4 atom stereocenters. The molecule has 2 aromatic carbocycles. The molecule has 1 aliphatic heterocycles. The first-order chi connectivity index (χ1) is 16.7. The number of carboxylic acid groups (broad SMARTS) is 1. The smallest absolute Gasteiger partial charge is 0.416 e. The zero-order valence-corrected chi connectivity index (χ0v) is 18.8. The van der Waals surface area contributed by atoms with Crippen molar-refractivity contribution in [3.8, 4) is 5.88 Å². The lowest BCUT2D eigenvalue weighted by Crippen LogP contribution is -2.26. The molecule has 3 aliphatic rings. The predicted molar refractivity (Wildman–Crippen MR) is 119 cm³/mol. The van der Waals surface area contributed by atoms with E-state index >= 15 is 0 Å². The van der Waals surface area contributed by atoms with E-state index in [1.165, 1.54) is 12.1 Å². The summed E-state index contributed by atoms with van der Waals surface area (Å²) < 4.78 is 53.0. The lowest BCUT2D eigenvalue weighted by atomic mass is 9.83. The van der Waals surface area contributed by atoms with Crippen LogP contribution in [-0.2, 0) is 40.9 Å². The summed E-state index contributed by atoms with van der Waals surface area (Å²) in [5.41, 5.74) is 2.54. The van der Waals surface area contributed by atoms with Gasteiger partial charge in [0, 0.05) is 23.7 Å². The second kappa shape index (κ2) is 7.55. The maximum absolute atomic E-state index is 13.7. The van der Waals surface area contributed by atoms with Crippen LogP contribution in [0.15, 0.2) is 54.7 Å². The highest BCUT2D eigenvalue weighted by molar-refractivity contribution is 5.77. The van der Waals surface area contributed by atoms with Crippen molar-refractivity contribution < 1.29 is 32.5 Å². The van der Waals surface area contributed by atoms with Gasteiger partial charge in [-0.1, -0.05) is 30.3 Å². The van der Waals surface area contributed by atoms with Gasteiger partial charge in [-0.05, 0) is 59.2 Å². The molecule has 6 rings (SSSR count). The van der Waals surface area contributed by atoms with Crippen molar-refractivity contribution >= 4 is 5.97 Å². The summed E-state index contributed by atoms with van der Waals surface area (Å²) in [6.07, 6.45) is -2.07. The van der Waals surface area contributed by atoms with Crippen LogP contribution in [0.5, 0.6) is 5.88 Å². The lowest BCUT2D eigenvalue weighted by Gasteiger charge is -2.29. The Morgan fingerprint density at radius 3 is 2.74 bits per heavy atom. The number of nitrogens with zero attached hydrogens (tertiary/aromatic N) is 1. The first-order valence-corrected chi connectivity index (χ1v) is 11.4. The van der Waals surface area contributed by atoms with Gasteiger partial charge in [0.05, 0.1) is 18.1 Å². The van der Waals surface area contributed by atoms with Gasteiger partial charge in [0.25, 0.3) is 0 Å². The number of ether oxygens (including phenoxy) is 2. The number of aromatic nitrogens is 1. The minimum atomic E-state index is -4.49. The Morgan fingerprint density at radius 1 is 1.17 bits per heavy atom. The molecule has 180 valence electrons. The molecule has 35 heavy (non-hydrogen) atoms. The van der Waals surface area contributed by atoms with Gasteiger partial charge in [-0.3, -0.25) is 4.79 Å². The average molecular weight is 481 g/mol. The molecule has 1 N–H and O–H groups in total. The van der Waals surface area contributed by atoms with Crippen molar-refractivity contribution in [1.82, 2.24) is 4.98 Å². The van der Waals surface area contributed by atoms with Crippen LogP contribution >= 0.6 is 0 Å². The molecule has 0 amide bonds. The number of halogens is 3. The van der Waals surface area contributed by atoms with Crippen molar-refractivity contribution in [2.24, 2.45) is 11.8 Å². The van der Waals surface area contributed by atoms with E-state index in [-0.39, 0.29) is 36.5 Å². The number of rotatable bonds is 5. The van der Waals surface area contributed by atoms with Crippen LogP contribution in [0.2, 0.25) is 0 Å². The van der Waals surface area contributed by atoms with Crippen LogP contribution in [0, 0.1) is 11.8 Å². The van der Waals surface area contributed by atoms with E-state index < -0.39 is 23.3 Å². The first kappa shape index (κ1) is 22.1. The van der Waals surface area contributed by atoms with E-state index in [0.717, 1.165) is 28.3 Å². The van der Waals surface area contributed by atoms with Gasteiger partial charge in [0.2, 0.25) is 5.88 Å². The van der Waals surface area contributed by atoms with Gasteiger partial charge in [0.15, 0.2) is 0 Å². The van der Waals surface area contributed by atoms with Gasteiger partial charge in [0.1, 0.15) is 12.2 Å². The highest BCUT2D eigenvalue weighted by Crippen LogP contribution is 2.61. The quantitative estimate of drug-likeness (QED) is 0.525. The summed E-state index contributed by atoms with van der Waals surface area (Å²) in [7, 11) is 0. The number of pyridine rings is 1. The van der Waals surface area contributed by atoms with E-state index in [4.69, 9.17) is 9.47 Å². The largest absolute Gasteiger partial charge is 0.481 e. The molecule has 2 heterocycles. The fourth-order valence-electron chi connectivity index (χ4n) is 5.79. The Morgan fingerprint density at radius 2 is 1.97 bits per heavy atom. The molecule has 0 radical (unpaired) electrons. The summed E-state index contributed by atoms with van der Waals surface area (Å²) in [6, 6.07) is 13.0. The van der Waals surface area contributed by atoms with E-state index in [9.17, 15) is 23.1 Å². The van der Waals surface area contributed by atoms with Crippen LogP contribution in [0.1, 0.15) is 51.8 Å². The van der Waals surface area contributed by atoms with Crippen molar-refractivity contribution in [3.63, 3.8) is 0 Å². The molecule has 0 spiro atoms. The van der Waals surface area contributed by atoms with Crippen LogP contribution in [0.3, 0.4) is 0 Å². The molecule has 1 fully saturated rings. The molecule has 1 saturated carbocycles. The van der Waals surface area contributed by atoms with Gasteiger partial charge in [-0.2, -0.15) is 13.2 Å². The fraction of sp³-hybridized carbons (Fsp3) is 0.333. The second-order valence-electron chi connectivity index (χ2n) is 9.62. The number of carboxylic acids is 1. The second-order valence-corrected chi connectivity index (χ2v) is 9.62. The van der Waals surface area contributed by atoms with E-state index in [2.05, 4.69) is 4.98 Å². The third-order valence-electron chi connectivity index (χ3n) is 7.61. The minimum Gasteiger partial charge on any atom is -0.481 e. The van der Waals surface area contributed by atoms with Gasteiger partial charge in [-0.25, -0.2) is 4.98 Å². The van der Waals surface area contributed by atoms with Crippen LogP contribution < -0.4 is 4.74 Å². The number of aliphatic carboxylic acids is 1. The topological polar surface area (TPSA) is 68.7 Å². The monoisotopic (exact) mass is 481 g/mol. The van der Waals surface area contributed by atoms with Gasteiger partial charge < -0.3 is 14.6 Å². The molecule has 1 aromatic heterocycles. The standard InChI is InChI=1S/C27H22F3NO4/c1-26(19-4-2-3-5-20(19)27(28,29)30)21-8-14(6-7-15(21)13-35-26)12-34-22-10-16-9-17-23(18(16)11-31-22)24(17)25(32)33/h2-8,10-11,17,23-24H,9,12-13H2,1H3,(H,32,33)/t17-,23-,24+,26?/m1/s1. The summed E-state index contributed by atoms with van der Waals surface area (Å²) >= 11 is 0. The van der Waals surface area contributed by atoms with E-state index in [0.29, 0.717) is 17.9 Å². The summed E-state index contributed by atoms with van der Waals surface area (Å²) in [5.74, 6) is -0.414. The molecular weight excluding hydrogens is 459 g/mol. The van der Waals surface area contributed by atoms with Crippen molar-refractivity contribution in [2.75, 3.05) is 0 Å². The Labute approximate surface area is 199 Å². The summed E-state index contributed by atoms with van der Waals surface area (Å²) in [5, 5.41) is 9.27. The molecular formula is C27H22F3NO4. The maximum Gasteiger partial charge on any atom is 0.416 e. The SMILES string of the molecule is CC1(c2ccccc2C(F)(F)F)OCc2ccc(COc3cc4c(cn3)[C@H]3[C@@H](C4)[C@@H]3C(=O)O)cc21. The highest BCUT2D eigenvalue weighted by atomic mass is 19.4. The number of benzene rings is 2. The van der Waals surface area contributed by atoms with Crippen LogP contribution in [-0.4, -0.2) is 16.1 Å². The van der Waals surface area contributed by atoms with Crippen LogP contribution in [0.4, 0.5) is 13.2 Å². The van der Waals surface area contributed by atoms with E-state index in [1.807, 2.05) is 24.3 Å². The minimum absolute atomic E-state index is 0.0537. The van der Waals surface area contributed by atoms with Gasteiger partial charge >= 0.3 is 12.1 Å². The summed E-state index contributed by atoms with van der Waals surface area (Å²) in [6.45, 7) is 2.09. The van der Waals surface area contributed by atoms with Crippen molar-refractivity contribution in [3.05, 3.63) is 93.7 Å². The fourth-order valence-corrected chi connectivity index (χ4v) is 5.79. The molecule has 0 bridgehead atoms. The normalized spacial score (nSPS) is 26.1. The Hall–Kier alpha value is -3.39. The molecule has 2 aliphatic carbocycles. The number of alkyl halides is 3. The zero-order chi connectivity index (χ0) is 24.5. The number of hydrogen-bond acceptors (Lipinski definition) is 4. The van der Waals surface area contributed by atoms with E-state index in [1.54, 1.807) is 19.2 Å². The average Bonchev–Trinajstić information content (AvgIpc) is 3.27. The maximum atomic E-state index is 13.7. The van der Waals surface area contributed by atoms with Crippen molar-refractivity contribution in [2.45, 2.75) is 44.3 Å². The Kier molecular flexibility index (Phi) is 4.77. The number of carbonyl (C=O) groups is 1. The molecule has 5 nitrogen and oxygen atoms in total. The molecule has 1 unspecified atom stereocenters. The molecule has 8 heteroatoms. The third-order valence-corrected chi connectivity index (χ3v) is 7.61. The van der Waals surface area contributed by atoms with Gasteiger partial charge in [-0.15, -0.1) is 0 Å². The number of hydrogen-bond donors (Lipinski definition) is 1. The van der Waals surface area contributed by atoms with Crippen LogP contribution in [0.25, 0.3) is 0 Å². The Balaban J connectivity index is 1.23.